The van der Waals surface area contributed by atoms with Crippen molar-refractivity contribution in [1.29, 1.82) is 0 Å². The zero-order chi connectivity index (χ0) is 39.1. The van der Waals surface area contributed by atoms with Gasteiger partial charge in [0.2, 0.25) is 0 Å². The fourth-order valence-corrected chi connectivity index (χ4v) is 7.67. The third-order valence-corrected chi connectivity index (χ3v) is 11.7. The topological polar surface area (TPSA) is 96.6 Å². The molecule has 8 heteroatoms. The lowest BCUT2D eigenvalue weighted by atomic mass is 9.78. The highest BCUT2D eigenvalue weighted by molar-refractivity contribution is 5.98. The Kier molecular flexibility index (Phi) is 9.95. The van der Waals surface area contributed by atoms with Crippen LogP contribution in [-0.4, -0.2) is 9.13 Å². The van der Waals surface area contributed by atoms with Crippen molar-refractivity contribution >= 4 is 21.5 Å². The first-order chi connectivity index (χ1) is 26.4. The second-order valence-electron chi connectivity index (χ2n) is 15.0. The Balaban J connectivity index is 1.10. The zero-order valence-corrected chi connectivity index (χ0v) is 32.3. The number of hydrogen-bond acceptors (Lipinski definition) is 6. The van der Waals surface area contributed by atoms with E-state index in [1.165, 1.54) is 22.3 Å². The van der Waals surface area contributed by atoms with E-state index in [0.29, 0.717) is 30.0 Å². The monoisotopic (exact) mass is 734 g/mol. The largest absolute Gasteiger partial charge is 0.457 e. The number of benzene rings is 5. The van der Waals surface area contributed by atoms with Crippen molar-refractivity contribution < 1.29 is 9.47 Å². The highest BCUT2D eigenvalue weighted by Gasteiger charge is 2.30. The lowest BCUT2D eigenvalue weighted by Gasteiger charge is -2.28. The number of ether oxygens (including phenoxy) is 2. The summed E-state index contributed by atoms with van der Waals surface area (Å²) in [7, 11) is 0. The van der Waals surface area contributed by atoms with Gasteiger partial charge in [-0.3, -0.25) is 23.7 Å². The van der Waals surface area contributed by atoms with Crippen LogP contribution in [0.3, 0.4) is 0 Å². The van der Waals surface area contributed by atoms with E-state index in [1.807, 2.05) is 75.4 Å². The summed E-state index contributed by atoms with van der Waals surface area (Å²) in [5.74, 6) is 2.59. The van der Waals surface area contributed by atoms with Gasteiger partial charge in [-0.2, -0.15) is 0 Å². The summed E-state index contributed by atoms with van der Waals surface area (Å²) in [4.78, 5) is 54.5. The molecule has 0 amide bonds. The second-order valence-corrected chi connectivity index (χ2v) is 15.0. The van der Waals surface area contributed by atoms with E-state index in [0.717, 1.165) is 46.5 Å². The minimum Gasteiger partial charge on any atom is -0.457 e. The first-order valence-corrected chi connectivity index (χ1v) is 19.2. The van der Waals surface area contributed by atoms with Gasteiger partial charge in [0.05, 0.1) is 27.2 Å². The van der Waals surface area contributed by atoms with Crippen molar-refractivity contribution in [3.05, 3.63) is 156 Å². The maximum absolute atomic E-state index is 13.7. The molecule has 0 bridgehead atoms. The number of fused-ring (bicyclic) bond motifs is 2. The van der Waals surface area contributed by atoms with Crippen molar-refractivity contribution in [1.82, 2.24) is 9.13 Å². The van der Waals surface area contributed by atoms with Gasteiger partial charge in [-0.15, -0.1) is 0 Å². The molecular formula is C47H46N2O6. The molecule has 0 aliphatic heterocycles. The van der Waals surface area contributed by atoms with Gasteiger partial charge in [-0.1, -0.05) is 83.5 Å². The van der Waals surface area contributed by atoms with E-state index < -0.39 is 27.8 Å². The van der Waals surface area contributed by atoms with Gasteiger partial charge in [0.1, 0.15) is 23.0 Å². The molecule has 0 fully saturated rings. The molecule has 0 aliphatic carbocycles. The third kappa shape index (κ3) is 6.71. The highest BCUT2D eigenvalue weighted by Crippen LogP contribution is 2.35. The number of aromatic nitrogens is 2. The Morgan fingerprint density at radius 2 is 0.982 bits per heavy atom. The molecular weight excluding hydrogens is 689 g/mol. The van der Waals surface area contributed by atoms with Crippen LogP contribution in [0.15, 0.2) is 128 Å². The molecule has 7 rings (SSSR count). The normalized spacial score (nSPS) is 13.0. The summed E-state index contributed by atoms with van der Waals surface area (Å²) >= 11 is 0. The molecule has 0 radical (unpaired) electrons. The summed E-state index contributed by atoms with van der Waals surface area (Å²) in [5, 5.41) is 0.505. The average Bonchev–Trinajstić information content (AvgIpc) is 3.60. The molecule has 8 nitrogen and oxygen atoms in total. The molecule has 2 aromatic heterocycles. The van der Waals surface area contributed by atoms with Crippen LogP contribution in [0.25, 0.3) is 38.4 Å². The van der Waals surface area contributed by atoms with Gasteiger partial charge in [0.15, 0.2) is 0 Å². The van der Waals surface area contributed by atoms with Crippen LogP contribution in [0.1, 0.15) is 79.2 Å². The molecule has 1 atom stereocenters. The molecule has 0 saturated heterocycles. The summed E-state index contributed by atoms with van der Waals surface area (Å²) < 4.78 is 14.7. The predicted molar refractivity (Wildman–Crippen MR) is 221 cm³/mol. The van der Waals surface area contributed by atoms with Crippen LogP contribution < -0.4 is 31.7 Å². The van der Waals surface area contributed by atoms with Crippen molar-refractivity contribution in [2.24, 2.45) is 0 Å². The minimum atomic E-state index is -0.659. The van der Waals surface area contributed by atoms with Gasteiger partial charge in [0, 0.05) is 11.6 Å². The smallest absolute Gasteiger partial charge is 0.266 e. The highest BCUT2D eigenvalue weighted by atomic mass is 16.5. The summed E-state index contributed by atoms with van der Waals surface area (Å²) in [6.45, 7) is 12.6. The molecule has 280 valence electrons. The lowest BCUT2D eigenvalue weighted by Crippen LogP contribution is -2.42. The van der Waals surface area contributed by atoms with E-state index in [4.69, 9.17) is 9.47 Å². The molecule has 0 saturated carbocycles. The predicted octanol–water partition coefficient (Wildman–Crippen LogP) is 10.2. The van der Waals surface area contributed by atoms with Crippen molar-refractivity contribution in [2.75, 3.05) is 0 Å². The van der Waals surface area contributed by atoms with Crippen LogP contribution in [0, 0.1) is 0 Å². The van der Waals surface area contributed by atoms with Crippen molar-refractivity contribution in [3.63, 3.8) is 0 Å². The van der Waals surface area contributed by atoms with Crippen molar-refractivity contribution in [3.8, 4) is 39.8 Å². The Morgan fingerprint density at radius 3 is 1.45 bits per heavy atom. The molecule has 2 heterocycles. The minimum absolute atomic E-state index is 0.0997. The number of hydrogen-bond donors (Lipinski definition) is 0. The molecule has 0 N–H and O–H groups in total. The van der Waals surface area contributed by atoms with Gasteiger partial charge < -0.3 is 9.47 Å². The first-order valence-electron chi connectivity index (χ1n) is 19.2. The zero-order valence-electron chi connectivity index (χ0n) is 32.3. The van der Waals surface area contributed by atoms with E-state index >= 15 is 0 Å². The summed E-state index contributed by atoms with van der Waals surface area (Å²) in [6.07, 6.45) is 4.16. The van der Waals surface area contributed by atoms with E-state index in [1.54, 1.807) is 24.3 Å². The maximum Gasteiger partial charge on any atom is 0.266 e. The Hall–Kier alpha value is -6.02. The molecule has 1 unspecified atom stereocenters. The van der Waals surface area contributed by atoms with Crippen LogP contribution >= 0.6 is 0 Å². The Morgan fingerprint density at radius 1 is 0.509 bits per heavy atom. The van der Waals surface area contributed by atoms with E-state index in [9.17, 15) is 19.2 Å². The van der Waals surface area contributed by atoms with E-state index in [2.05, 4.69) is 39.0 Å². The molecule has 5 aromatic carbocycles. The fraction of sp³-hybridized carbons (Fsp3) is 0.277. The average molecular weight is 735 g/mol. The first kappa shape index (κ1) is 37.3. The lowest BCUT2D eigenvalue weighted by molar-refractivity contribution is 0.268. The summed E-state index contributed by atoms with van der Waals surface area (Å²) in [5.41, 5.74) is 1.08. The van der Waals surface area contributed by atoms with Gasteiger partial charge in [-0.25, -0.2) is 4.57 Å². The van der Waals surface area contributed by atoms with E-state index in [-0.39, 0.29) is 27.0 Å². The quantitative estimate of drug-likeness (QED) is 0.117. The van der Waals surface area contributed by atoms with Crippen molar-refractivity contribution in [2.45, 2.75) is 84.6 Å². The van der Waals surface area contributed by atoms with Crippen LogP contribution in [0.4, 0.5) is 0 Å². The maximum atomic E-state index is 13.7. The Labute approximate surface area is 319 Å². The molecule has 55 heavy (non-hydrogen) atoms. The van der Waals surface area contributed by atoms with Crippen LogP contribution in [0.2, 0.25) is 0 Å². The summed E-state index contributed by atoms with van der Waals surface area (Å²) in [6, 6.07) is 33.5. The van der Waals surface area contributed by atoms with Crippen LogP contribution in [0.5, 0.6) is 23.0 Å². The fourth-order valence-electron chi connectivity index (χ4n) is 7.67. The third-order valence-electron chi connectivity index (χ3n) is 11.7. The Bertz CT molecular complexity index is 2650. The number of nitrogens with zero attached hydrogens (tertiary/aromatic N) is 2. The van der Waals surface area contributed by atoms with Gasteiger partial charge in [0.25, 0.3) is 22.2 Å². The molecule has 7 aromatic rings. The number of rotatable bonds is 13. The standard InChI is InChI=1S/C47H46N2O6/c1-7-25-47(6,10-4)49-44(52)40-28-38-39(29-41(40)45(49)53)43(51)48(42(38)50)33-14-12-16-37(27-33)55-35-23-19-31(20-24-35)30-17-21-34(22-18-30)54-36-15-11-13-32(26-36)46(5,8-2)9-3/h11-24,26-29H,7-10,25H2,1-6H3. The molecule has 0 aliphatic rings. The SMILES string of the molecule is CCCC(C)(CC)n1c(=O)c2cc3c(=O)n(-c4cccc(Oc5ccc(-c6ccc(Oc7cccc(C(C)(CC)CC)c7)cc6)cc5)c4)c(=O)c3cc2c1=O. The van der Waals surface area contributed by atoms with Gasteiger partial charge in [-0.05, 0) is 115 Å². The second kappa shape index (κ2) is 14.7. The van der Waals surface area contributed by atoms with Crippen LogP contribution in [-0.2, 0) is 11.0 Å². The molecule has 0 spiro atoms. The van der Waals surface area contributed by atoms with Gasteiger partial charge >= 0.3 is 0 Å².